The maximum atomic E-state index is 12.9. The van der Waals surface area contributed by atoms with Gasteiger partial charge in [0.25, 0.3) is 11.8 Å². The lowest BCUT2D eigenvalue weighted by Gasteiger charge is -2.18. The minimum atomic E-state index is -0.176. The Morgan fingerprint density at radius 1 is 1.24 bits per heavy atom. The van der Waals surface area contributed by atoms with Gasteiger partial charge in [0.15, 0.2) is 0 Å². The van der Waals surface area contributed by atoms with Gasteiger partial charge < -0.3 is 20.5 Å². The zero-order valence-electron chi connectivity index (χ0n) is 22.0. The molecular formula is C28H31N7O2S. The van der Waals surface area contributed by atoms with Crippen LogP contribution >= 0.6 is 11.3 Å². The number of anilines is 1. The molecule has 0 bridgehead atoms. The first-order valence-electron chi connectivity index (χ1n) is 12.7. The average molecular weight is 530 g/mol. The maximum Gasteiger partial charge on any atom is 0.256 e. The molecule has 10 heteroatoms. The van der Waals surface area contributed by atoms with Crippen LogP contribution in [0.5, 0.6) is 0 Å². The van der Waals surface area contributed by atoms with Gasteiger partial charge in [0.05, 0.1) is 16.8 Å². The Bertz CT molecular complexity index is 1510. The summed E-state index contributed by atoms with van der Waals surface area (Å²) in [6.45, 7) is 11.3. The van der Waals surface area contributed by atoms with Crippen molar-refractivity contribution in [3.8, 4) is 16.4 Å². The van der Waals surface area contributed by atoms with Gasteiger partial charge in [0, 0.05) is 59.1 Å². The van der Waals surface area contributed by atoms with Crippen LogP contribution in [0.4, 0.5) is 5.69 Å². The van der Waals surface area contributed by atoms with Gasteiger partial charge in [-0.2, -0.15) is 5.10 Å². The second-order valence-corrected chi connectivity index (χ2v) is 10.0. The minimum Gasteiger partial charge on any atom is -0.358 e. The Hall–Kier alpha value is -4.02. The monoisotopic (exact) mass is 529 g/mol. The summed E-state index contributed by atoms with van der Waals surface area (Å²) in [4.78, 5) is 36.1. The topological polar surface area (TPSA) is 108 Å². The number of likely N-dealkylation sites (N-methyl/N-ethyl adjacent to an activating group) is 1. The molecule has 0 unspecified atom stereocenters. The fourth-order valence-electron chi connectivity index (χ4n) is 4.74. The van der Waals surface area contributed by atoms with Crippen molar-refractivity contribution < 1.29 is 9.59 Å². The highest BCUT2D eigenvalue weighted by Gasteiger charge is 2.26. The van der Waals surface area contributed by atoms with E-state index in [0.29, 0.717) is 17.7 Å². The molecule has 0 atom stereocenters. The van der Waals surface area contributed by atoms with Gasteiger partial charge in [0.2, 0.25) is 5.13 Å². The summed E-state index contributed by atoms with van der Waals surface area (Å²) in [6, 6.07) is 7.71. The predicted molar refractivity (Wildman–Crippen MR) is 152 cm³/mol. The molecule has 4 heterocycles. The molecule has 0 saturated heterocycles. The molecule has 0 spiro atoms. The summed E-state index contributed by atoms with van der Waals surface area (Å²) >= 11 is 1.51. The van der Waals surface area contributed by atoms with Gasteiger partial charge >= 0.3 is 0 Å². The molecule has 0 radical (unpaired) electrons. The van der Waals surface area contributed by atoms with Crippen LogP contribution in [0, 0.1) is 13.8 Å². The molecule has 4 aromatic rings. The van der Waals surface area contributed by atoms with Gasteiger partial charge in [-0.3, -0.25) is 9.59 Å². The van der Waals surface area contributed by atoms with Crippen LogP contribution < -0.4 is 10.6 Å². The standard InChI is InChI=1S/C28H31N7O2S/c1-5-34(6-2)13-11-29-27(37)25-17(3)22(31-18(25)4)15-21-20-9-8-19(14-23(20)32-26(21)36)24-16-38-28(33-24)35-12-7-10-30-35/h7-10,12,14-16,31H,5-6,11,13H2,1-4H3,(H,29,37)(H,32,36)/b21-15-. The highest BCUT2D eigenvalue weighted by molar-refractivity contribution is 7.12. The van der Waals surface area contributed by atoms with Crippen LogP contribution in [0.25, 0.3) is 28.0 Å². The third kappa shape index (κ3) is 4.92. The van der Waals surface area contributed by atoms with E-state index in [1.54, 1.807) is 10.9 Å². The number of H-pyrrole nitrogens is 1. The number of benzene rings is 1. The first-order chi connectivity index (χ1) is 18.4. The van der Waals surface area contributed by atoms with Crippen molar-refractivity contribution in [3.63, 3.8) is 0 Å². The Labute approximate surface area is 225 Å². The summed E-state index contributed by atoms with van der Waals surface area (Å²) in [5.41, 5.74) is 6.82. The smallest absolute Gasteiger partial charge is 0.256 e. The molecule has 38 heavy (non-hydrogen) atoms. The number of amides is 2. The van der Waals surface area contributed by atoms with E-state index in [0.717, 1.165) is 64.2 Å². The number of nitrogens with zero attached hydrogens (tertiary/aromatic N) is 4. The number of hydrogen-bond donors (Lipinski definition) is 3. The number of aryl methyl sites for hydroxylation is 1. The number of carbonyl (C=O) groups is 2. The lowest BCUT2D eigenvalue weighted by atomic mass is 10.0. The highest BCUT2D eigenvalue weighted by atomic mass is 32.1. The van der Waals surface area contributed by atoms with E-state index < -0.39 is 0 Å². The molecule has 9 nitrogen and oxygen atoms in total. The van der Waals surface area contributed by atoms with Crippen molar-refractivity contribution >= 4 is 40.5 Å². The molecule has 3 aromatic heterocycles. The van der Waals surface area contributed by atoms with E-state index in [1.165, 1.54) is 11.3 Å². The predicted octanol–water partition coefficient (Wildman–Crippen LogP) is 4.51. The van der Waals surface area contributed by atoms with E-state index >= 15 is 0 Å². The van der Waals surface area contributed by atoms with Gasteiger partial charge in [-0.1, -0.05) is 26.0 Å². The molecular weight excluding hydrogens is 498 g/mol. The Morgan fingerprint density at radius 3 is 2.79 bits per heavy atom. The van der Waals surface area contributed by atoms with Crippen LogP contribution in [0.15, 0.2) is 42.0 Å². The molecule has 1 aliphatic rings. The summed E-state index contributed by atoms with van der Waals surface area (Å²) in [5, 5.41) is 13.0. The highest BCUT2D eigenvalue weighted by Crippen LogP contribution is 2.37. The number of nitrogens with one attached hydrogen (secondary N) is 3. The van der Waals surface area contributed by atoms with Crippen LogP contribution in [0.1, 0.15) is 46.7 Å². The summed E-state index contributed by atoms with van der Waals surface area (Å²) in [5.74, 6) is -0.281. The Kier molecular flexibility index (Phi) is 7.26. The van der Waals surface area contributed by atoms with Crippen molar-refractivity contribution in [2.24, 2.45) is 0 Å². The molecule has 0 aliphatic carbocycles. The van der Waals surface area contributed by atoms with Crippen molar-refractivity contribution in [2.45, 2.75) is 27.7 Å². The Morgan fingerprint density at radius 2 is 2.05 bits per heavy atom. The van der Waals surface area contributed by atoms with E-state index in [9.17, 15) is 9.59 Å². The second kappa shape index (κ2) is 10.8. The van der Waals surface area contributed by atoms with Gasteiger partial charge in [-0.25, -0.2) is 9.67 Å². The number of carbonyl (C=O) groups excluding carboxylic acids is 2. The third-order valence-corrected chi connectivity index (χ3v) is 7.72. The van der Waals surface area contributed by atoms with Crippen molar-refractivity contribution in [1.29, 1.82) is 0 Å². The molecule has 1 aromatic carbocycles. The number of fused-ring (bicyclic) bond motifs is 1. The van der Waals surface area contributed by atoms with Crippen molar-refractivity contribution in [1.82, 2.24) is 30.0 Å². The largest absolute Gasteiger partial charge is 0.358 e. The number of rotatable bonds is 9. The van der Waals surface area contributed by atoms with Gasteiger partial charge in [0.1, 0.15) is 0 Å². The lowest BCUT2D eigenvalue weighted by Crippen LogP contribution is -2.35. The minimum absolute atomic E-state index is 0.105. The molecule has 2 amide bonds. The summed E-state index contributed by atoms with van der Waals surface area (Å²) in [6.07, 6.45) is 5.40. The zero-order chi connectivity index (χ0) is 26.8. The third-order valence-electron chi connectivity index (χ3n) is 6.89. The normalized spacial score (nSPS) is 13.8. The zero-order valence-corrected chi connectivity index (χ0v) is 22.8. The van der Waals surface area contributed by atoms with E-state index in [-0.39, 0.29) is 11.8 Å². The first kappa shape index (κ1) is 25.6. The molecule has 0 fully saturated rings. The molecule has 1 aliphatic heterocycles. The fourth-order valence-corrected chi connectivity index (χ4v) is 5.51. The second-order valence-electron chi connectivity index (χ2n) is 9.18. The molecule has 5 rings (SSSR count). The van der Waals surface area contributed by atoms with E-state index in [4.69, 9.17) is 0 Å². The molecule has 196 valence electrons. The van der Waals surface area contributed by atoms with Crippen LogP contribution in [0.3, 0.4) is 0 Å². The van der Waals surface area contributed by atoms with Crippen LogP contribution in [-0.4, -0.2) is 62.6 Å². The number of aromatic amines is 1. The van der Waals surface area contributed by atoms with Gasteiger partial charge in [-0.15, -0.1) is 11.3 Å². The van der Waals surface area contributed by atoms with Crippen LogP contribution in [-0.2, 0) is 4.79 Å². The first-order valence-corrected chi connectivity index (χ1v) is 13.6. The summed E-state index contributed by atoms with van der Waals surface area (Å²) < 4.78 is 1.73. The molecule has 3 N–H and O–H groups in total. The number of hydrogen-bond acceptors (Lipinski definition) is 6. The van der Waals surface area contributed by atoms with Crippen molar-refractivity contribution in [2.75, 3.05) is 31.5 Å². The summed E-state index contributed by atoms with van der Waals surface area (Å²) in [7, 11) is 0. The van der Waals surface area contributed by atoms with Crippen LogP contribution in [0.2, 0.25) is 0 Å². The number of aromatic nitrogens is 4. The van der Waals surface area contributed by atoms with Crippen molar-refractivity contribution in [3.05, 3.63) is 70.1 Å². The average Bonchev–Trinajstić information content (AvgIpc) is 3.69. The quantitative estimate of drug-likeness (QED) is 0.277. The SMILES string of the molecule is CCN(CC)CCNC(=O)c1c(C)[nH]c(/C=C2\C(=O)Nc3cc(-c4csc(-n5cccn5)n4)ccc32)c1C. The van der Waals surface area contributed by atoms with E-state index in [2.05, 4.69) is 44.4 Å². The lowest BCUT2D eigenvalue weighted by molar-refractivity contribution is -0.110. The fraction of sp³-hybridized carbons (Fsp3) is 0.286. The molecule has 0 saturated carbocycles. The maximum absolute atomic E-state index is 12.9. The van der Waals surface area contributed by atoms with Gasteiger partial charge in [-0.05, 0) is 50.7 Å². The number of thiazole rings is 1. The Balaban J connectivity index is 1.37. The van der Waals surface area contributed by atoms with E-state index in [1.807, 2.05) is 55.8 Å².